The molecule has 0 bridgehead atoms. The first-order chi connectivity index (χ1) is 17.0. The summed E-state index contributed by atoms with van der Waals surface area (Å²) < 4.78 is 0. The minimum Gasteiger partial charge on any atom is -0.383 e. The summed E-state index contributed by atoms with van der Waals surface area (Å²) in [6.07, 6.45) is 1.31. The molecule has 0 aliphatic carbocycles. The van der Waals surface area contributed by atoms with E-state index >= 15 is 0 Å². The van der Waals surface area contributed by atoms with Gasteiger partial charge in [0.1, 0.15) is 11.6 Å². The van der Waals surface area contributed by atoms with Gasteiger partial charge in [0, 0.05) is 51.6 Å². The topological polar surface area (TPSA) is 95.7 Å². The molecule has 0 spiro atoms. The predicted octanol–water partition coefficient (Wildman–Crippen LogP) is 2.44. The van der Waals surface area contributed by atoms with Gasteiger partial charge in [0.05, 0.1) is 17.5 Å². The Hall–Kier alpha value is -3.52. The van der Waals surface area contributed by atoms with Crippen molar-refractivity contribution in [1.29, 1.82) is 0 Å². The van der Waals surface area contributed by atoms with Crippen molar-refractivity contribution in [3.63, 3.8) is 0 Å². The molecule has 3 aromatic rings. The second-order valence-electron chi connectivity index (χ2n) is 9.56. The molecule has 0 radical (unpaired) electrons. The largest absolute Gasteiger partial charge is 0.383 e. The first kappa shape index (κ1) is 23.2. The van der Waals surface area contributed by atoms with Gasteiger partial charge in [-0.1, -0.05) is 42.5 Å². The molecule has 0 unspecified atom stereocenters. The number of carbonyl (C=O) groups excluding carboxylic acids is 2. The molecular formula is C27H32N6O2. The van der Waals surface area contributed by atoms with E-state index in [1.807, 2.05) is 52.3 Å². The van der Waals surface area contributed by atoms with Crippen molar-refractivity contribution in [3.8, 4) is 0 Å². The summed E-state index contributed by atoms with van der Waals surface area (Å²) in [5, 5.41) is 0.869. The summed E-state index contributed by atoms with van der Waals surface area (Å²) in [6, 6.07) is 17.8. The van der Waals surface area contributed by atoms with E-state index < -0.39 is 5.41 Å². The van der Waals surface area contributed by atoms with Crippen LogP contribution in [0.25, 0.3) is 10.9 Å². The molecule has 2 N–H and O–H groups in total. The number of rotatable bonds is 4. The predicted molar refractivity (Wildman–Crippen MR) is 135 cm³/mol. The van der Waals surface area contributed by atoms with Gasteiger partial charge in [-0.3, -0.25) is 14.5 Å². The average Bonchev–Trinajstić information content (AvgIpc) is 2.89. The first-order valence-electron chi connectivity index (χ1n) is 12.3. The lowest BCUT2D eigenvalue weighted by molar-refractivity contribution is -0.144. The fraction of sp³-hybridized carbons (Fsp3) is 0.407. The molecule has 8 heteroatoms. The van der Waals surface area contributed by atoms with Crippen LogP contribution >= 0.6 is 0 Å². The molecule has 8 nitrogen and oxygen atoms in total. The van der Waals surface area contributed by atoms with Gasteiger partial charge in [-0.25, -0.2) is 9.97 Å². The van der Waals surface area contributed by atoms with Gasteiger partial charge in [0.15, 0.2) is 0 Å². The lowest BCUT2D eigenvalue weighted by atomic mass is 9.71. The monoisotopic (exact) mass is 472 g/mol. The third kappa shape index (κ3) is 4.58. The van der Waals surface area contributed by atoms with E-state index in [9.17, 15) is 9.59 Å². The number of piperidine rings is 1. The van der Waals surface area contributed by atoms with Crippen molar-refractivity contribution in [3.05, 3.63) is 66.0 Å². The Balaban J connectivity index is 1.28. The maximum atomic E-state index is 14.0. The molecular weight excluding hydrogens is 440 g/mol. The van der Waals surface area contributed by atoms with Gasteiger partial charge in [-0.15, -0.1) is 0 Å². The van der Waals surface area contributed by atoms with Crippen LogP contribution < -0.4 is 5.73 Å². The number of nitrogens with zero attached hydrogens (tertiary/aromatic N) is 5. The number of likely N-dealkylation sites (tertiary alicyclic amines) is 1. The van der Waals surface area contributed by atoms with Gasteiger partial charge >= 0.3 is 0 Å². The molecule has 2 saturated heterocycles. The van der Waals surface area contributed by atoms with Crippen LogP contribution in [0.1, 0.15) is 31.2 Å². The molecule has 2 aromatic carbocycles. The highest BCUT2D eigenvalue weighted by atomic mass is 16.2. The fourth-order valence-corrected chi connectivity index (χ4v) is 5.42. The van der Waals surface area contributed by atoms with Crippen LogP contribution in [0.3, 0.4) is 0 Å². The normalized spacial score (nSPS) is 18.5. The number of anilines is 1. The molecule has 2 aliphatic heterocycles. The van der Waals surface area contributed by atoms with Crippen LogP contribution in [0.2, 0.25) is 0 Å². The zero-order chi connectivity index (χ0) is 24.4. The van der Waals surface area contributed by atoms with Gasteiger partial charge in [-0.05, 0) is 30.5 Å². The quantitative estimate of drug-likeness (QED) is 0.627. The Morgan fingerprint density at radius 2 is 1.51 bits per heavy atom. The van der Waals surface area contributed by atoms with Crippen molar-refractivity contribution in [2.45, 2.75) is 31.7 Å². The average molecular weight is 473 g/mol. The number of amides is 2. The number of hydrogen-bond acceptors (Lipinski definition) is 6. The SMILES string of the molecule is CC(=O)N1CCC(C(=O)N2CCN(Cc3nc(N)c4ccccc4n3)CC2)(c2ccccc2)CC1. The van der Waals surface area contributed by atoms with Crippen LogP contribution in [0.4, 0.5) is 5.82 Å². The number of aromatic nitrogens is 2. The Morgan fingerprint density at radius 1 is 0.857 bits per heavy atom. The van der Waals surface area contributed by atoms with E-state index in [2.05, 4.69) is 27.0 Å². The maximum absolute atomic E-state index is 14.0. The number of nitrogen functional groups attached to an aromatic ring is 1. The Labute approximate surface area is 205 Å². The molecule has 35 heavy (non-hydrogen) atoms. The summed E-state index contributed by atoms with van der Waals surface area (Å²) >= 11 is 0. The van der Waals surface area contributed by atoms with Gasteiger partial charge < -0.3 is 15.5 Å². The molecule has 2 fully saturated rings. The zero-order valence-electron chi connectivity index (χ0n) is 20.2. The molecule has 0 atom stereocenters. The Kier molecular flexibility index (Phi) is 6.38. The number of nitrogens with two attached hydrogens (primary N) is 1. The zero-order valence-corrected chi connectivity index (χ0v) is 20.2. The van der Waals surface area contributed by atoms with Crippen LogP contribution in [0.15, 0.2) is 54.6 Å². The molecule has 3 heterocycles. The summed E-state index contributed by atoms with van der Waals surface area (Å²) in [5.41, 5.74) is 7.48. The van der Waals surface area contributed by atoms with Crippen LogP contribution in [-0.2, 0) is 21.5 Å². The second-order valence-corrected chi connectivity index (χ2v) is 9.56. The van der Waals surface area contributed by atoms with Crippen molar-refractivity contribution >= 4 is 28.5 Å². The number of fused-ring (bicyclic) bond motifs is 1. The minimum atomic E-state index is -0.578. The minimum absolute atomic E-state index is 0.0734. The maximum Gasteiger partial charge on any atom is 0.233 e. The molecule has 2 amide bonds. The summed E-state index contributed by atoms with van der Waals surface area (Å²) in [6.45, 7) is 6.25. The number of carbonyl (C=O) groups is 2. The van der Waals surface area contributed by atoms with E-state index in [0.717, 1.165) is 29.6 Å². The highest BCUT2D eigenvalue weighted by Crippen LogP contribution is 2.38. The second kappa shape index (κ2) is 9.62. The highest BCUT2D eigenvalue weighted by molar-refractivity contribution is 5.89. The van der Waals surface area contributed by atoms with Crippen molar-refractivity contribution < 1.29 is 9.59 Å². The van der Waals surface area contributed by atoms with Crippen LogP contribution in [-0.4, -0.2) is 75.8 Å². The summed E-state index contributed by atoms with van der Waals surface area (Å²) in [5.74, 6) is 1.46. The third-order valence-corrected chi connectivity index (χ3v) is 7.50. The van der Waals surface area contributed by atoms with Gasteiger partial charge in [0.2, 0.25) is 11.8 Å². The van der Waals surface area contributed by atoms with Crippen molar-refractivity contribution in [2.75, 3.05) is 45.0 Å². The Bertz CT molecular complexity index is 1210. The highest BCUT2D eigenvalue weighted by Gasteiger charge is 2.45. The number of piperazine rings is 1. The summed E-state index contributed by atoms with van der Waals surface area (Å²) in [4.78, 5) is 41.2. The van der Waals surface area contributed by atoms with Crippen molar-refractivity contribution in [1.82, 2.24) is 24.7 Å². The van der Waals surface area contributed by atoms with E-state index in [1.165, 1.54) is 0 Å². The van der Waals surface area contributed by atoms with Crippen molar-refractivity contribution in [2.24, 2.45) is 0 Å². The Morgan fingerprint density at radius 3 is 2.20 bits per heavy atom. The fourth-order valence-electron chi connectivity index (χ4n) is 5.42. The van der Waals surface area contributed by atoms with Crippen LogP contribution in [0.5, 0.6) is 0 Å². The summed E-state index contributed by atoms with van der Waals surface area (Å²) in [7, 11) is 0. The van der Waals surface area contributed by atoms with E-state index in [4.69, 9.17) is 5.73 Å². The third-order valence-electron chi connectivity index (χ3n) is 7.50. The lowest BCUT2D eigenvalue weighted by Gasteiger charge is -2.45. The first-order valence-corrected chi connectivity index (χ1v) is 12.3. The van der Waals surface area contributed by atoms with Gasteiger partial charge in [0.25, 0.3) is 0 Å². The van der Waals surface area contributed by atoms with E-state index in [1.54, 1.807) is 6.92 Å². The van der Waals surface area contributed by atoms with Gasteiger partial charge in [-0.2, -0.15) is 0 Å². The number of hydrogen-bond donors (Lipinski definition) is 1. The molecule has 1 aromatic heterocycles. The molecule has 0 saturated carbocycles. The standard InChI is InChI=1S/C27H32N6O2/c1-20(34)32-13-11-27(12-14-32,21-7-3-2-4-8-21)26(35)33-17-15-31(16-18-33)19-24-29-23-10-6-5-9-22(23)25(28)30-24/h2-10H,11-19H2,1H3,(H2,28,29,30). The molecule has 2 aliphatic rings. The molecule has 5 rings (SSSR count). The van der Waals surface area contributed by atoms with E-state index in [0.29, 0.717) is 57.2 Å². The van der Waals surface area contributed by atoms with Crippen LogP contribution in [0, 0.1) is 0 Å². The number of para-hydroxylation sites is 1. The number of benzene rings is 2. The lowest BCUT2D eigenvalue weighted by Crippen LogP contribution is -2.57. The van der Waals surface area contributed by atoms with E-state index in [-0.39, 0.29) is 11.8 Å². The molecule has 182 valence electrons. The smallest absolute Gasteiger partial charge is 0.233 e.